The van der Waals surface area contributed by atoms with Gasteiger partial charge in [-0.05, 0) is 68.1 Å². The summed E-state index contributed by atoms with van der Waals surface area (Å²) in [5.41, 5.74) is 4.19. The molecule has 2 aliphatic carbocycles. The van der Waals surface area contributed by atoms with Gasteiger partial charge in [-0.15, -0.1) is 0 Å². The van der Waals surface area contributed by atoms with Gasteiger partial charge in [-0.2, -0.15) is 0 Å². The molecule has 3 fully saturated rings. The lowest BCUT2D eigenvalue weighted by molar-refractivity contribution is -0.640. The SMILES string of the molecule is Cc1ccc2c([nH+]1)CCC[C@]21C[NH2+]C[C@H]1C(=O)N1CC[C@@H](c2ccccc2F)C[C@H]1C1CCC(F)(F)CC1.[Cl-].[Cl-]. The van der Waals surface area contributed by atoms with E-state index in [0.29, 0.717) is 37.8 Å². The quantitative estimate of drug-likeness (QED) is 0.452. The smallest absolute Gasteiger partial charge is 0.248 e. The molecule has 40 heavy (non-hydrogen) atoms. The predicted molar refractivity (Wildman–Crippen MR) is 138 cm³/mol. The van der Waals surface area contributed by atoms with Crippen molar-refractivity contribution in [3.8, 4) is 0 Å². The van der Waals surface area contributed by atoms with Crippen LogP contribution >= 0.6 is 0 Å². The minimum atomic E-state index is -2.62. The third-order valence-corrected chi connectivity index (χ3v) is 10.2. The third-order valence-electron chi connectivity index (χ3n) is 10.2. The van der Waals surface area contributed by atoms with Crippen molar-refractivity contribution in [1.82, 2.24) is 4.90 Å². The molecule has 2 aliphatic heterocycles. The van der Waals surface area contributed by atoms with Crippen LogP contribution in [0.5, 0.6) is 0 Å². The number of alkyl halides is 2. The van der Waals surface area contributed by atoms with Crippen LogP contribution in [0, 0.1) is 24.6 Å². The second-order valence-electron chi connectivity index (χ2n) is 12.4. The van der Waals surface area contributed by atoms with Gasteiger partial charge in [-0.1, -0.05) is 18.2 Å². The lowest BCUT2D eigenvalue weighted by Gasteiger charge is -2.47. The number of piperidine rings is 1. The van der Waals surface area contributed by atoms with Crippen LogP contribution in [0.4, 0.5) is 13.2 Å². The molecule has 4 aliphatic rings. The third kappa shape index (κ3) is 5.63. The Morgan fingerprint density at radius 2 is 1.80 bits per heavy atom. The van der Waals surface area contributed by atoms with Crippen LogP contribution in [0.2, 0.25) is 0 Å². The highest BCUT2D eigenvalue weighted by molar-refractivity contribution is 5.82. The van der Waals surface area contributed by atoms with Crippen LogP contribution in [0.25, 0.3) is 0 Å². The summed E-state index contributed by atoms with van der Waals surface area (Å²) in [5, 5.41) is 2.29. The van der Waals surface area contributed by atoms with Crippen LogP contribution in [0.1, 0.15) is 79.8 Å². The molecule has 4 nitrogen and oxygen atoms in total. The number of carbonyl (C=O) groups excluding carboxylic acids is 1. The molecule has 1 saturated carbocycles. The van der Waals surface area contributed by atoms with Crippen molar-refractivity contribution in [2.24, 2.45) is 11.8 Å². The first-order valence-corrected chi connectivity index (χ1v) is 14.5. The molecule has 2 aromatic rings. The lowest BCUT2D eigenvalue weighted by Crippen LogP contribution is -3.00. The van der Waals surface area contributed by atoms with Crippen LogP contribution < -0.4 is 35.1 Å². The number of fused-ring (bicyclic) bond motifs is 2. The first-order valence-electron chi connectivity index (χ1n) is 14.5. The van der Waals surface area contributed by atoms with E-state index in [1.165, 1.54) is 17.3 Å². The van der Waals surface area contributed by atoms with Crippen molar-refractivity contribution in [3.63, 3.8) is 0 Å². The van der Waals surface area contributed by atoms with Crippen molar-refractivity contribution in [2.75, 3.05) is 19.6 Å². The van der Waals surface area contributed by atoms with Crippen LogP contribution in [0.3, 0.4) is 0 Å². The van der Waals surface area contributed by atoms with Gasteiger partial charge in [0.2, 0.25) is 11.8 Å². The standard InChI is InChI=1S/C31H38F3N3O.2ClH/c1-20-8-9-24-27(36-20)7-4-13-30(24)19-35-18-25(30)29(38)37-16-12-22(23-5-2-3-6-26(23)32)17-28(37)21-10-14-31(33,34)15-11-21;;/h2-3,5-6,8-9,21-22,25,28,35H,4,7,10-19H2,1H3;2*1H/t22-,25+,28+,30+;;/m1../s1. The second kappa shape index (κ2) is 12.2. The maximum absolute atomic E-state index is 14.8. The molecule has 6 rings (SSSR count). The summed E-state index contributed by atoms with van der Waals surface area (Å²) in [5.74, 6) is -2.73. The average molecular weight is 599 g/mol. The van der Waals surface area contributed by atoms with Gasteiger partial charge in [-0.3, -0.25) is 4.79 Å². The lowest BCUT2D eigenvalue weighted by atomic mass is 9.64. The van der Waals surface area contributed by atoms with E-state index < -0.39 is 5.92 Å². The number of hydrogen-bond donors (Lipinski definition) is 1. The van der Waals surface area contributed by atoms with Gasteiger partial charge in [0.1, 0.15) is 11.7 Å². The van der Waals surface area contributed by atoms with E-state index in [0.717, 1.165) is 38.0 Å². The van der Waals surface area contributed by atoms with Crippen LogP contribution in [-0.2, 0) is 16.6 Å². The topological polar surface area (TPSA) is 51.1 Å². The van der Waals surface area contributed by atoms with E-state index in [9.17, 15) is 18.0 Å². The fourth-order valence-electron chi connectivity index (χ4n) is 8.28. The Labute approximate surface area is 247 Å². The summed E-state index contributed by atoms with van der Waals surface area (Å²) >= 11 is 0. The number of aryl methyl sites for hydroxylation is 2. The van der Waals surface area contributed by atoms with Gasteiger partial charge in [0, 0.05) is 50.4 Å². The molecule has 1 amide bonds. The molecule has 1 aromatic heterocycles. The fraction of sp³-hybridized carbons (Fsp3) is 0.613. The van der Waals surface area contributed by atoms with E-state index in [1.54, 1.807) is 6.07 Å². The Hall–Kier alpha value is -1.83. The number of nitrogens with one attached hydrogen (secondary N) is 1. The number of benzene rings is 1. The van der Waals surface area contributed by atoms with Gasteiger partial charge in [0.25, 0.3) is 0 Å². The predicted octanol–water partition coefficient (Wildman–Crippen LogP) is -1.68. The molecule has 2 saturated heterocycles. The normalized spacial score (nSPS) is 29.8. The number of halogens is 5. The molecule has 0 bridgehead atoms. The van der Waals surface area contributed by atoms with E-state index in [4.69, 9.17) is 0 Å². The number of nitrogens with zero attached hydrogens (tertiary/aromatic N) is 1. The molecular weight excluding hydrogens is 558 g/mol. The highest BCUT2D eigenvalue weighted by atomic mass is 35.5. The molecule has 1 aromatic carbocycles. The summed E-state index contributed by atoms with van der Waals surface area (Å²) in [6.45, 7) is 4.30. The number of amides is 1. The van der Waals surface area contributed by atoms with Crippen molar-refractivity contribution in [1.29, 1.82) is 0 Å². The zero-order chi connectivity index (χ0) is 26.5. The first-order chi connectivity index (χ1) is 18.3. The van der Waals surface area contributed by atoms with Crippen molar-refractivity contribution < 1.29 is 53.1 Å². The average Bonchev–Trinajstić information content (AvgIpc) is 3.32. The number of rotatable bonds is 3. The summed E-state index contributed by atoms with van der Waals surface area (Å²) < 4.78 is 43.0. The minimum absolute atomic E-state index is 0. The number of aromatic amines is 1. The monoisotopic (exact) mass is 597 g/mol. The van der Waals surface area contributed by atoms with E-state index in [-0.39, 0.29) is 78.6 Å². The number of hydrogen-bond acceptors (Lipinski definition) is 1. The van der Waals surface area contributed by atoms with Gasteiger partial charge >= 0.3 is 0 Å². The van der Waals surface area contributed by atoms with Gasteiger partial charge in [0.05, 0.1) is 18.5 Å². The number of nitrogens with two attached hydrogens (primary N) is 1. The summed E-state index contributed by atoms with van der Waals surface area (Å²) in [6.07, 6.45) is 5.02. The Morgan fingerprint density at radius 3 is 2.55 bits per heavy atom. The number of quaternary nitrogens is 1. The maximum atomic E-state index is 14.8. The van der Waals surface area contributed by atoms with Gasteiger partial charge < -0.3 is 35.0 Å². The Bertz CT molecular complexity index is 1200. The van der Waals surface area contributed by atoms with Crippen molar-refractivity contribution in [3.05, 3.63) is 64.7 Å². The fourth-order valence-corrected chi connectivity index (χ4v) is 8.28. The van der Waals surface area contributed by atoms with Crippen LogP contribution in [-0.4, -0.2) is 42.4 Å². The number of pyridine rings is 1. The second-order valence-corrected chi connectivity index (χ2v) is 12.4. The number of likely N-dealkylation sites (tertiary alicyclic amines) is 1. The summed E-state index contributed by atoms with van der Waals surface area (Å²) in [7, 11) is 0. The Balaban J connectivity index is 0.00000185. The molecule has 9 heteroatoms. The molecule has 220 valence electrons. The molecule has 3 N–H and O–H groups in total. The van der Waals surface area contributed by atoms with Gasteiger partial charge in [-0.25, -0.2) is 18.2 Å². The zero-order valence-electron chi connectivity index (χ0n) is 23.1. The molecule has 0 radical (unpaired) electrons. The number of H-pyrrole nitrogens is 1. The summed E-state index contributed by atoms with van der Waals surface area (Å²) in [4.78, 5) is 20.1. The Morgan fingerprint density at radius 1 is 1.05 bits per heavy atom. The highest BCUT2D eigenvalue weighted by Crippen LogP contribution is 2.47. The largest absolute Gasteiger partial charge is 1.00 e. The number of carbonyl (C=O) groups is 1. The number of aromatic nitrogens is 1. The molecular formula is C31H40Cl2F3N3O. The van der Waals surface area contributed by atoms with Gasteiger partial charge in [0.15, 0.2) is 11.4 Å². The van der Waals surface area contributed by atoms with E-state index in [1.807, 2.05) is 12.1 Å². The van der Waals surface area contributed by atoms with Crippen molar-refractivity contribution in [2.45, 2.75) is 88.0 Å². The highest BCUT2D eigenvalue weighted by Gasteiger charge is 2.56. The van der Waals surface area contributed by atoms with Crippen LogP contribution in [0.15, 0.2) is 36.4 Å². The first kappa shape index (κ1) is 31.1. The molecule has 4 atom stereocenters. The Kier molecular flexibility index (Phi) is 9.48. The molecule has 1 spiro atoms. The van der Waals surface area contributed by atoms with E-state index in [2.05, 4.69) is 34.3 Å². The zero-order valence-corrected chi connectivity index (χ0v) is 24.6. The van der Waals surface area contributed by atoms with Crippen molar-refractivity contribution >= 4 is 5.91 Å². The minimum Gasteiger partial charge on any atom is -1.00 e. The summed E-state index contributed by atoms with van der Waals surface area (Å²) in [6, 6.07) is 11.1. The molecule has 3 heterocycles. The maximum Gasteiger partial charge on any atom is 0.248 e. The molecule has 0 unspecified atom stereocenters. The van der Waals surface area contributed by atoms with E-state index >= 15 is 0 Å².